The van der Waals surface area contributed by atoms with E-state index in [1.54, 1.807) is 12.1 Å². The summed E-state index contributed by atoms with van der Waals surface area (Å²) < 4.78 is 18.4. The van der Waals surface area contributed by atoms with E-state index in [0.29, 0.717) is 24.4 Å². The van der Waals surface area contributed by atoms with Gasteiger partial charge >= 0.3 is 6.01 Å². The van der Waals surface area contributed by atoms with Gasteiger partial charge in [-0.1, -0.05) is 31.1 Å². The number of nitrogens with zero attached hydrogens (tertiary/aromatic N) is 2. The van der Waals surface area contributed by atoms with Gasteiger partial charge in [-0.05, 0) is 37.1 Å². The number of halogens is 1. The Morgan fingerprint density at radius 2 is 1.86 bits per heavy atom. The SMILES string of the molecule is CC(C)CNCc1nnc(NC(C)c2ccc(F)cc2)o1. The van der Waals surface area contributed by atoms with E-state index in [-0.39, 0.29) is 11.9 Å². The van der Waals surface area contributed by atoms with Crippen LogP contribution in [0.15, 0.2) is 28.7 Å². The zero-order valence-electron chi connectivity index (χ0n) is 12.6. The molecule has 0 aliphatic heterocycles. The summed E-state index contributed by atoms with van der Waals surface area (Å²) in [6.45, 7) is 7.68. The standard InChI is InChI=1S/C15H21FN4O/c1-10(2)8-17-9-14-19-20-15(21-14)18-11(3)12-4-6-13(16)7-5-12/h4-7,10-11,17H,8-9H2,1-3H3,(H,18,20). The number of rotatable bonds is 7. The van der Waals surface area contributed by atoms with Gasteiger partial charge in [0.1, 0.15) is 5.82 Å². The van der Waals surface area contributed by atoms with Crippen LogP contribution in [0.2, 0.25) is 0 Å². The van der Waals surface area contributed by atoms with Crippen LogP contribution in [-0.4, -0.2) is 16.7 Å². The molecular weight excluding hydrogens is 271 g/mol. The fraction of sp³-hybridized carbons (Fsp3) is 0.467. The Bertz CT molecular complexity index is 553. The molecule has 114 valence electrons. The Kier molecular flexibility index (Phi) is 5.27. The van der Waals surface area contributed by atoms with Crippen molar-refractivity contribution in [1.82, 2.24) is 15.5 Å². The van der Waals surface area contributed by atoms with Crippen molar-refractivity contribution in [1.29, 1.82) is 0 Å². The molecule has 0 bridgehead atoms. The van der Waals surface area contributed by atoms with Crippen molar-refractivity contribution < 1.29 is 8.81 Å². The highest BCUT2D eigenvalue weighted by atomic mass is 19.1. The van der Waals surface area contributed by atoms with E-state index in [0.717, 1.165) is 12.1 Å². The van der Waals surface area contributed by atoms with Crippen molar-refractivity contribution in [3.8, 4) is 0 Å². The zero-order chi connectivity index (χ0) is 15.2. The van der Waals surface area contributed by atoms with Crippen molar-refractivity contribution >= 4 is 6.01 Å². The lowest BCUT2D eigenvalue weighted by Crippen LogP contribution is -2.19. The molecule has 0 saturated heterocycles. The number of hydrogen-bond acceptors (Lipinski definition) is 5. The summed E-state index contributed by atoms with van der Waals surface area (Å²) in [4.78, 5) is 0. The third-order valence-corrected chi connectivity index (χ3v) is 3.01. The summed E-state index contributed by atoms with van der Waals surface area (Å²) in [7, 11) is 0. The molecule has 0 saturated carbocycles. The maximum atomic E-state index is 12.9. The summed E-state index contributed by atoms with van der Waals surface area (Å²) in [5.41, 5.74) is 0.953. The average molecular weight is 292 g/mol. The van der Waals surface area contributed by atoms with Gasteiger partial charge in [-0.2, -0.15) is 0 Å². The van der Waals surface area contributed by atoms with Crippen LogP contribution in [-0.2, 0) is 6.54 Å². The van der Waals surface area contributed by atoms with Gasteiger partial charge in [0.05, 0.1) is 12.6 Å². The average Bonchev–Trinajstić information content (AvgIpc) is 2.86. The molecule has 0 radical (unpaired) electrons. The van der Waals surface area contributed by atoms with E-state index < -0.39 is 0 Å². The first-order chi connectivity index (χ1) is 10.0. The predicted octanol–water partition coefficient (Wildman–Crippen LogP) is 3.13. The first-order valence-electron chi connectivity index (χ1n) is 7.09. The summed E-state index contributed by atoms with van der Waals surface area (Å²) in [5.74, 6) is 0.871. The highest BCUT2D eigenvalue weighted by Crippen LogP contribution is 2.18. The molecule has 1 aromatic carbocycles. The van der Waals surface area contributed by atoms with Gasteiger partial charge < -0.3 is 15.1 Å². The summed E-state index contributed by atoms with van der Waals surface area (Å²) >= 11 is 0. The predicted molar refractivity (Wildman–Crippen MR) is 79.3 cm³/mol. The fourth-order valence-corrected chi connectivity index (χ4v) is 1.87. The van der Waals surface area contributed by atoms with Gasteiger partial charge in [-0.3, -0.25) is 0 Å². The number of anilines is 1. The van der Waals surface area contributed by atoms with Gasteiger partial charge in [0.2, 0.25) is 5.89 Å². The second-order valence-electron chi connectivity index (χ2n) is 5.44. The van der Waals surface area contributed by atoms with Crippen LogP contribution in [0.3, 0.4) is 0 Å². The molecule has 6 heteroatoms. The van der Waals surface area contributed by atoms with Crippen LogP contribution >= 0.6 is 0 Å². The van der Waals surface area contributed by atoms with Gasteiger partial charge in [-0.15, -0.1) is 5.10 Å². The molecule has 1 heterocycles. The fourth-order valence-electron chi connectivity index (χ4n) is 1.87. The second-order valence-corrected chi connectivity index (χ2v) is 5.44. The van der Waals surface area contributed by atoms with E-state index in [9.17, 15) is 4.39 Å². The van der Waals surface area contributed by atoms with Gasteiger partial charge in [0.15, 0.2) is 0 Å². The van der Waals surface area contributed by atoms with Crippen LogP contribution in [0.4, 0.5) is 10.4 Å². The molecule has 0 spiro atoms. The molecular formula is C15H21FN4O. The van der Waals surface area contributed by atoms with E-state index in [1.165, 1.54) is 12.1 Å². The van der Waals surface area contributed by atoms with E-state index in [1.807, 2.05) is 6.92 Å². The zero-order valence-corrected chi connectivity index (χ0v) is 12.6. The highest BCUT2D eigenvalue weighted by Gasteiger charge is 2.11. The largest absolute Gasteiger partial charge is 0.407 e. The Balaban J connectivity index is 1.88. The monoisotopic (exact) mass is 292 g/mol. The molecule has 1 unspecified atom stereocenters. The lowest BCUT2D eigenvalue weighted by atomic mass is 10.1. The van der Waals surface area contributed by atoms with Crippen LogP contribution in [0.1, 0.15) is 38.3 Å². The summed E-state index contributed by atoms with van der Waals surface area (Å²) in [5, 5.41) is 14.3. The van der Waals surface area contributed by atoms with Crippen molar-refractivity contribution in [2.45, 2.75) is 33.4 Å². The number of nitrogens with one attached hydrogen (secondary N) is 2. The van der Waals surface area contributed by atoms with Crippen molar-refractivity contribution in [3.63, 3.8) is 0 Å². The van der Waals surface area contributed by atoms with E-state index in [4.69, 9.17) is 4.42 Å². The molecule has 0 fully saturated rings. The molecule has 2 rings (SSSR count). The van der Waals surface area contributed by atoms with E-state index >= 15 is 0 Å². The third kappa shape index (κ3) is 4.82. The first kappa shape index (κ1) is 15.4. The molecule has 21 heavy (non-hydrogen) atoms. The molecule has 5 nitrogen and oxygen atoms in total. The normalized spacial score (nSPS) is 12.6. The van der Waals surface area contributed by atoms with Gasteiger partial charge in [0, 0.05) is 0 Å². The minimum absolute atomic E-state index is 0.0393. The Hall–Kier alpha value is -1.95. The molecule has 1 aromatic heterocycles. The van der Waals surface area contributed by atoms with Gasteiger partial charge in [-0.25, -0.2) is 4.39 Å². The Morgan fingerprint density at radius 1 is 1.14 bits per heavy atom. The number of aromatic nitrogens is 2. The van der Waals surface area contributed by atoms with Crippen molar-refractivity contribution in [2.75, 3.05) is 11.9 Å². The number of benzene rings is 1. The maximum Gasteiger partial charge on any atom is 0.315 e. The molecule has 2 N–H and O–H groups in total. The molecule has 0 aliphatic rings. The lowest BCUT2D eigenvalue weighted by Gasteiger charge is -2.11. The molecule has 0 amide bonds. The topological polar surface area (TPSA) is 63.0 Å². The molecule has 0 aliphatic carbocycles. The Labute approximate surface area is 124 Å². The summed E-state index contributed by atoms with van der Waals surface area (Å²) in [6, 6.07) is 6.66. The van der Waals surface area contributed by atoms with Crippen molar-refractivity contribution in [3.05, 3.63) is 41.5 Å². The lowest BCUT2D eigenvalue weighted by molar-refractivity contribution is 0.456. The summed E-state index contributed by atoms with van der Waals surface area (Å²) in [6.07, 6.45) is 0. The highest BCUT2D eigenvalue weighted by molar-refractivity contribution is 5.28. The van der Waals surface area contributed by atoms with Crippen LogP contribution in [0.25, 0.3) is 0 Å². The third-order valence-electron chi connectivity index (χ3n) is 3.01. The van der Waals surface area contributed by atoms with Crippen LogP contribution < -0.4 is 10.6 Å². The van der Waals surface area contributed by atoms with Crippen molar-refractivity contribution in [2.24, 2.45) is 5.92 Å². The van der Waals surface area contributed by atoms with Crippen LogP contribution in [0, 0.1) is 11.7 Å². The maximum absolute atomic E-state index is 12.9. The second kappa shape index (κ2) is 7.17. The molecule has 2 aromatic rings. The Morgan fingerprint density at radius 3 is 2.52 bits per heavy atom. The molecule has 1 atom stereocenters. The van der Waals surface area contributed by atoms with Crippen LogP contribution in [0.5, 0.6) is 0 Å². The number of hydrogen-bond donors (Lipinski definition) is 2. The van der Waals surface area contributed by atoms with Gasteiger partial charge in [0.25, 0.3) is 0 Å². The minimum Gasteiger partial charge on any atom is -0.407 e. The smallest absolute Gasteiger partial charge is 0.315 e. The first-order valence-corrected chi connectivity index (χ1v) is 7.09. The quantitative estimate of drug-likeness (QED) is 0.821. The minimum atomic E-state index is -0.248. The van der Waals surface area contributed by atoms with E-state index in [2.05, 4.69) is 34.7 Å².